The summed E-state index contributed by atoms with van der Waals surface area (Å²) >= 11 is 0. The molecule has 28 heavy (non-hydrogen) atoms. The van der Waals surface area contributed by atoms with Crippen molar-refractivity contribution in [2.24, 2.45) is 7.05 Å². The number of aromatic nitrogens is 3. The maximum Gasteiger partial charge on any atom is 0.737 e. The maximum absolute atomic E-state index is 16.0. The highest BCUT2D eigenvalue weighted by molar-refractivity contribution is 6.58. The van der Waals surface area contributed by atoms with Crippen LogP contribution in [0.25, 0.3) is 5.57 Å². The van der Waals surface area contributed by atoms with Crippen LogP contribution in [0, 0.1) is 13.8 Å². The molecule has 0 unspecified atom stereocenters. The number of hydrogen-bond acceptors (Lipinski definition) is 1. The van der Waals surface area contributed by atoms with Gasteiger partial charge in [-0.25, -0.2) is 4.98 Å². The van der Waals surface area contributed by atoms with Gasteiger partial charge in [-0.05, 0) is 50.4 Å². The molecule has 0 spiro atoms. The number of imidazole rings is 1. The van der Waals surface area contributed by atoms with Gasteiger partial charge < -0.3 is 22.2 Å². The third-order valence-corrected chi connectivity index (χ3v) is 6.46. The molecule has 0 saturated heterocycles. The summed E-state index contributed by atoms with van der Waals surface area (Å²) in [6, 6.07) is 0. The second-order valence-corrected chi connectivity index (χ2v) is 7.91. The van der Waals surface area contributed by atoms with Crippen LogP contribution in [0.2, 0.25) is 0 Å². The van der Waals surface area contributed by atoms with Gasteiger partial charge in [-0.3, -0.25) is 0 Å². The first-order valence-electron chi connectivity index (χ1n) is 9.95. The van der Waals surface area contributed by atoms with Crippen LogP contribution < -0.4 is 0 Å². The van der Waals surface area contributed by atoms with Crippen LogP contribution in [0.15, 0.2) is 29.4 Å². The minimum Gasteiger partial charge on any atom is -0.393 e. The highest BCUT2D eigenvalue weighted by Gasteiger charge is 2.56. The minimum atomic E-state index is -3.97. The molecular weight excluding hydrogens is 357 g/mol. The average molecular weight is 384 g/mol. The Bertz CT molecular complexity index is 1110. The first-order chi connectivity index (χ1) is 13.2. The van der Waals surface area contributed by atoms with Gasteiger partial charge in [0.15, 0.2) is 5.70 Å². The van der Waals surface area contributed by atoms with Crippen LogP contribution in [-0.2, 0) is 13.5 Å². The lowest BCUT2D eigenvalue weighted by molar-refractivity contribution is -0.363. The van der Waals surface area contributed by atoms with Crippen molar-refractivity contribution in [3.63, 3.8) is 0 Å². The van der Waals surface area contributed by atoms with Gasteiger partial charge >= 0.3 is 6.97 Å². The molecule has 7 heteroatoms. The van der Waals surface area contributed by atoms with Crippen LogP contribution in [0.1, 0.15) is 62.3 Å². The van der Waals surface area contributed by atoms with Crippen molar-refractivity contribution in [2.75, 3.05) is 0 Å². The van der Waals surface area contributed by atoms with Crippen LogP contribution in [0.3, 0.4) is 0 Å². The van der Waals surface area contributed by atoms with Crippen LogP contribution >= 0.6 is 0 Å². The molecule has 4 nitrogen and oxygen atoms in total. The summed E-state index contributed by atoms with van der Waals surface area (Å²) in [5.41, 5.74) is 7.98. The standard InChI is InChI=1S/C21H27BF2N4/c1-8-16-12(3)20-19(18-10-26(7)11-25-18)21-13(4)17(9-2)15(6)28(21)22(23,24)27(20)14(16)5/h10-11H,8-9H2,1-7H3. The van der Waals surface area contributed by atoms with E-state index in [1.165, 1.54) is 8.96 Å². The quantitative estimate of drug-likeness (QED) is 0.710. The Morgan fingerprint density at radius 3 is 2.32 bits per heavy atom. The molecule has 0 saturated carbocycles. The number of hydrogen-bond donors (Lipinski definition) is 0. The summed E-state index contributed by atoms with van der Waals surface area (Å²) in [7, 11) is 1.90. The lowest BCUT2D eigenvalue weighted by Gasteiger charge is -2.33. The predicted molar refractivity (Wildman–Crippen MR) is 110 cm³/mol. The molecule has 0 bridgehead atoms. The minimum absolute atomic E-state index is 0.619. The SMILES string of the molecule is CCC1=C(C)C2=C(c3cn(C)cn3)c3c(C)c(CC)c(C)n3[B-](F)(F)[N+]2=C1C. The Morgan fingerprint density at radius 1 is 1.11 bits per heavy atom. The first kappa shape index (κ1) is 18.9. The van der Waals surface area contributed by atoms with E-state index in [0.717, 1.165) is 46.4 Å². The number of nitrogens with zero attached hydrogens (tertiary/aromatic N) is 4. The summed E-state index contributed by atoms with van der Waals surface area (Å²) in [4.78, 5) is 4.56. The van der Waals surface area contributed by atoms with Gasteiger partial charge in [0.05, 0.1) is 17.6 Å². The van der Waals surface area contributed by atoms with Gasteiger partial charge in [0.1, 0.15) is 5.71 Å². The molecule has 0 amide bonds. The normalized spacial score (nSPS) is 18.3. The molecule has 0 N–H and O–H groups in total. The summed E-state index contributed by atoms with van der Waals surface area (Å²) in [5, 5.41) is 0. The van der Waals surface area contributed by atoms with Crippen molar-refractivity contribution in [1.82, 2.24) is 14.0 Å². The summed E-state index contributed by atoms with van der Waals surface area (Å²) < 4.78 is 36.5. The molecule has 0 aliphatic carbocycles. The molecule has 2 aliphatic heterocycles. The molecule has 4 heterocycles. The molecule has 4 rings (SSSR count). The third kappa shape index (κ3) is 2.16. The second kappa shape index (κ2) is 6.03. The molecular formula is C21H27BF2N4. The molecule has 0 aromatic carbocycles. The lowest BCUT2D eigenvalue weighted by Crippen LogP contribution is -2.51. The van der Waals surface area contributed by atoms with Crippen molar-refractivity contribution in [2.45, 2.75) is 54.4 Å². The van der Waals surface area contributed by atoms with Gasteiger partial charge in [-0.1, -0.05) is 13.8 Å². The van der Waals surface area contributed by atoms with Gasteiger partial charge in [0, 0.05) is 37.0 Å². The fraction of sp³-hybridized carbons (Fsp3) is 0.429. The zero-order chi connectivity index (χ0) is 20.5. The second-order valence-electron chi connectivity index (χ2n) is 7.91. The van der Waals surface area contributed by atoms with Gasteiger partial charge in [-0.2, -0.15) is 0 Å². The zero-order valence-electron chi connectivity index (χ0n) is 17.7. The summed E-state index contributed by atoms with van der Waals surface area (Å²) in [6.07, 6.45) is 5.10. The average Bonchev–Trinajstić information content (AvgIpc) is 3.24. The number of allylic oxidation sites excluding steroid dienone is 2. The van der Waals surface area contributed by atoms with E-state index in [-0.39, 0.29) is 0 Å². The first-order valence-corrected chi connectivity index (χ1v) is 9.95. The maximum atomic E-state index is 16.0. The molecule has 0 atom stereocenters. The number of halogens is 2. The highest BCUT2D eigenvalue weighted by Crippen LogP contribution is 2.46. The molecule has 2 aromatic heterocycles. The van der Waals surface area contributed by atoms with Crippen LogP contribution in [0.4, 0.5) is 8.63 Å². The topological polar surface area (TPSA) is 25.8 Å². The largest absolute Gasteiger partial charge is 0.737 e. The van der Waals surface area contributed by atoms with Crippen LogP contribution in [-0.4, -0.2) is 31.2 Å². The predicted octanol–water partition coefficient (Wildman–Crippen LogP) is 4.61. The molecule has 2 aromatic rings. The lowest BCUT2D eigenvalue weighted by atomic mass is 9.85. The van der Waals surface area contributed by atoms with E-state index in [0.29, 0.717) is 22.8 Å². The summed E-state index contributed by atoms with van der Waals surface area (Å²) in [5.74, 6) is 0. The van der Waals surface area contributed by atoms with E-state index in [1.54, 1.807) is 6.33 Å². The molecule has 0 fully saturated rings. The summed E-state index contributed by atoms with van der Waals surface area (Å²) in [6.45, 7) is 7.65. The molecule has 148 valence electrons. The Kier molecular flexibility index (Phi) is 4.07. The fourth-order valence-electron chi connectivity index (χ4n) is 5.26. The van der Waals surface area contributed by atoms with E-state index in [2.05, 4.69) is 4.98 Å². The van der Waals surface area contributed by atoms with Crippen molar-refractivity contribution >= 4 is 18.3 Å². The zero-order valence-corrected chi connectivity index (χ0v) is 17.7. The van der Waals surface area contributed by atoms with Gasteiger partial charge in [-0.15, -0.1) is 0 Å². The number of aryl methyl sites for hydroxylation is 1. The molecule has 2 aliphatic rings. The number of rotatable bonds is 3. The smallest absolute Gasteiger partial charge is 0.393 e. The van der Waals surface area contributed by atoms with Crippen molar-refractivity contribution in [1.29, 1.82) is 0 Å². The Morgan fingerprint density at radius 2 is 1.79 bits per heavy atom. The third-order valence-electron chi connectivity index (χ3n) is 6.46. The fourth-order valence-corrected chi connectivity index (χ4v) is 5.26. The Labute approximate surface area is 165 Å². The van der Waals surface area contributed by atoms with E-state index >= 15 is 8.63 Å². The highest BCUT2D eigenvalue weighted by atomic mass is 19.2. The van der Waals surface area contributed by atoms with E-state index in [1.807, 2.05) is 59.4 Å². The molecule has 0 radical (unpaired) electrons. The van der Waals surface area contributed by atoms with Crippen molar-refractivity contribution in [3.05, 3.63) is 57.6 Å². The monoisotopic (exact) mass is 384 g/mol. The van der Waals surface area contributed by atoms with Crippen molar-refractivity contribution in [3.8, 4) is 0 Å². The Hall–Kier alpha value is -2.44. The van der Waals surface area contributed by atoms with E-state index in [9.17, 15) is 0 Å². The van der Waals surface area contributed by atoms with Crippen molar-refractivity contribution < 1.29 is 13.1 Å². The van der Waals surface area contributed by atoms with Gasteiger partial charge in [0.25, 0.3) is 0 Å². The number of fused-ring (bicyclic) bond motifs is 2. The van der Waals surface area contributed by atoms with E-state index < -0.39 is 6.97 Å². The van der Waals surface area contributed by atoms with Crippen LogP contribution in [0.5, 0.6) is 0 Å². The van der Waals surface area contributed by atoms with Gasteiger partial charge in [0.2, 0.25) is 0 Å². The Balaban J connectivity index is 2.23. The van der Waals surface area contributed by atoms with E-state index in [4.69, 9.17) is 0 Å².